The van der Waals surface area contributed by atoms with Gasteiger partial charge in [0.25, 0.3) is 0 Å². The van der Waals surface area contributed by atoms with Gasteiger partial charge in [0, 0.05) is 0 Å². The Balaban J connectivity index is 1.97. The molecule has 52 heavy (non-hydrogen) atoms. The molecule has 0 aromatic carbocycles. The SMILES string of the molecule is C[SiH](C)O[Si]12O[Si]3(O[SiH](C)C)O[Si]4(O[SiH](C)C)O[Si](O[SiH](C)C)(O1)O[Si]1(O[SiH](C)C)O[Si](O[SiH](C)C)(O2)O[Si](O[SiH](C)C)(O3)O[Si](O[SiH](C)C)(O4)O1. The fourth-order valence-electron chi connectivity index (χ4n) is 5.22. The third-order valence-electron chi connectivity index (χ3n) is 6.04. The lowest BCUT2D eigenvalue weighted by Crippen LogP contribution is -2.92. The highest BCUT2D eigenvalue weighted by Crippen LogP contribution is 2.50. The molecular formula is C16H56O20Si16. The Morgan fingerprint density at radius 3 is 0.327 bits per heavy atom. The first kappa shape index (κ1) is 45.7. The molecule has 6 rings (SSSR count). The Kier molecular flexibility index (Phi) is 14.6. The molecule has 6 aliphatic rings. The molecule has 0 saturated carbocycles. The Labute approximate surface area is 329 Å². The third-order valence-corrected chi connectivity index (χ3v) is 54.4. The molecule has 0 amide bonds. The van der Waals surface area contributed by atoms with Gasteiger partial charge in [-0.15, -0.1) is 0 Å². The standard InChI is InChI=1S/C16H56O20Si16/c1-37(2)17-45-25-46(18-38(3)4)28-49(21-41(9)10)30-47(26-45,19-39(5)6)32-51(23-43(13)14)33-48(27-45,20-40(7)8)31-50(29-46,22-42(11)12)35-52(34-49,36-51)24-44(15)16/h37-44H,1-16H3. The van der Waals surface area contributed by atoms with Gasteiger partial charge in [-0.25, -0.2) is 0 Å². The summed E-state index contributed by atoms with van der Waals surface area (Å²) in [6.45, 7) is 30.8. The molecule has 6 aliphatic heterocycles. The van der Waals surface area contributed by atoms with Crippen LogP contribution >= 0.6 is 0 Å². The minimum Gasteiger partial charge on any atom is -0.398 e. The van der Waals surface area contributed by atoms with Crippen molar-refractivity contribution >= 4 is 145 Å². The number of rotatable bonds is 16. The maximum absolute atomic E-state index is 7.05. The van der Waals surface area contributed by atoms with E-state index in [2.05, 4.69) is 0 Å². The molecule has 0 aromatic heterocycles. The van der Waals surface area contributed by atoms with Crippen LogP contribution in [-0.2, 0) is 82.3 Å². The van der Waals surface area contributed by atoms with Crippen molar-refractivity contribution in [2.45, 2.75) is 105 Å². The van der Waals surface area contributed by atoms with Crippen molar-refractivity contribution in [3.8, 4) is 0 Å². The lowest BCUT2D eigenvalue weighted by Gasteiger charge is -2.59. The van der Waals surface area contributed by atoms with Crippen LogP contribution in [0.15, 0.2) is 0 Å². The van der Waals surface area contributed by atoms with E-state index in [-0.39, 0.29) is 0 Å². The van der Waals surface area contributed by atoms with E-state index in [0.29, 0.717) is 0 Å². The van der Waals surface area contributed by atoms with Crippen LogP contribution in [0, 0.1) is 0 Å². The second-order valence-electron chi connectivity index (χ2n) is 14.6. The quantitative estimate of drug-likeness (QED) is 0.184. The van der Waals surface area contributed by atoms with Crippen LogP contribution in [0.4, 0.5) is 0 Å². The summed E-state index contributed by atoms with van der Waals surface area (Å²) in [4.78, 5) is 0. The molecule has 304 valence electrons. The van der Waals surface area contributed by atoms with Crippen molar-refractivity contribution < 1.29 is 82.3 Å². The maximum atomic E-state index is 7.05. The first-order chi connectivity index (χ1) is 23.8. The van der Waals surface area contributed by atoms with Gasteiger partial charge in [-0.2, -0.15) is 0 Å². The monoisotopic (exact) mass is 1020 g/mol. The fourth-order valence-corrected chi connectivity index (χ4v) is 66.4. The smallest absolute Gasteiger partial charge is 0.398 e. The summed E-state index contributed by atoms with van der Waals surface area (Å²) in [6, 6.07) is 0. The lowest BCUT2D eigenvalue weighted by atomic mass is 11.9. The predicted molar refractivity (Wildman–Crippen MR) is 219 cm³/mol. The highest BCUT2D eigenvalue weighted by molar-refractivity contribution is 7.01. The maximum Gasteiger partial charge on any atom is 0.651 e. The van der Waals surface area contributed by atoms with Crippen LogP contribution in [0.3, 0.4) is 0 Å². The summed E-state index contributed by atoms with van der Waals surface area (Å²) < 4.78 is 138. The topological polar surface area (TPSA) is 185 Å². The summed E-state index contributed by atoms with van der Waals surface area (Å²) in [7, 11) is -55.4. The Hall–Kier alpha value is 2.67. The molecule has 0 N–H and O–H groups in total. The molecule has 8 bridgehead atoms. The summed E-state index contributed by atoms with van der Waals surface area (Å²) >= 11 is 0. The number of hydrogen-bond donors (Lipinski definition) is 0. The van der Waals surface area contributed by atoms with Crippen molar-refractivity contribution in [3.63, 3.8) is 0 Å². The molecule has 6 fully saturated rings. The summed E-state index contributed by atoms with van der Waals surface area (Å²) in [6.07, 6.45) is 0. The van der Waals surface area contributed by atoms with Gasteiger partial charge in [0.1, 0.15) is 0 Å². The highest BCUT2D eigenvalue weighted by atomic mass is 28.7. The molecule has 0 aliphatic carbocycles. The van der Waals surface area contributed by atoms with Gasteiger partial charge in [0.2, 0.25) is 0 Å². The summed E-state index contributed by atoms with van der Waals surface area (Å²) in [5, 5.41) is 0. The minimum absolute atomic E-state index is 1.93. The fraction of sp³-hybridized carbons (Fsp3) is 1.00. The van der Waals surface area contributed by atoms with Gasteiger partial charge in [0.05, 0.1) is 0 Å². The van der Waals surface area contributed by atoms with E-state index in [9.17, 15) is 0 Å². The van der Waals surface area contributed by atoms with Gasteiger partial charge in [0.15, 0.2) is 72.3 Å². The number of hydrogen-bond acceptors (Lipinski definition) is 20. The Morgan fingerprint density at radius 1 is 0.192 bits per heavy atom. The van der Waals surface area contributed by atoms with Crippen molar-refractivity contribution in [1.82, 2.24) is 0 Å². The normalized spacial score (nSPS) is 42.0. The molecular weight excluding hydrogens is 962 g/mol. The molecule has 0 unspecified atom stereocenters. The molecule has 0 spiro atoms. The Morgan fingerprint density at radius 2 is 0.269 bits per heavy atom. The van der Waals surface area contributed by atoms with E-state index in [1.807, 2.05) is 105 Å². The van der Waals surface area contributed by atoms with E-state index in [0.717, 1.165) is 0 Å². The van der Waals surface area contributed by atoms with E-state index in [1.54, 1.807) is 0 Å². The minimum atomic E-state index is -4.76. The summed E-state index contributed by atoms with van der Waals surface area (Å²) in [5.41, 5.74) is 0. The zero-order valence-corrected chi connectivity index (χ0v) is 50.0. The van der Waals surface area contributed by atoms with Crippen LogP contribution in [0.2, 0.25) is 105 Å². The second kappa shape index (κ2) is 16.6. The molecule has 36 heteroatoms. The van der Waals surface area contributed by atoms with Crippen LogP contribution in [0.5, 0.6) is 0 Å². The highest BCUT2D eigenvalue weighted by Gasteiger charge is 2.91. The van der Waals surface area contributed by atoms with Crippen LogP contribution < -0.4 is 0 Å². The zero-order chi connectivity index (χ0) is 38.8. The average molecular weight is 1020 g/mol. The van der Waals surface area contributed by atoms with Crippen molar-refractivity contribution in [3.05, 3.63) is 0 Å². The van der Waals surface area contributed by atoms with Crippen LogP contribution in [0.25, 0.3) is 0 Å². The van der Waals surface area contributed by atoms with Gasteiger partial charge in [-0.3, -0.25) is 0 Å². The lowest BCUT2D eigenvalue weighted by molar-refractivity contribution is -0.127. The molecule has 20 nitrogen and oxygen atoms in total. The first-order valence-electron chi connectivity index (χ1n) is 17.7. The molecule has 0 atom stereocenters. The first-order valence-corrected chi connectivity index (χ1v) is 53.0. The third kappa shape index (κ3) is 10.7. The van der Waals surface area contributed by atoms with Crippen LogP contribution in [-0.4, -0.2) is 145 Å². The van der Waals surface area contributed by atoms with Gasteiger partial charge >= 0.3 is 72.4 Å². The predicted octanol–water partition coefficient (Wildman–Crippen LogP) is -0.262. The summed E-state index contributed by atoms with van der Waals surface area (Å²) in [5.74, 6) is 0. The van der Waals surface area contributed by atoms with Gasteiger partial charge < -0.3 is 82.3 Å². The largest absolute Gasteiger partial charge is 0.651 e. The van der Waals surface area contributed by atoms with Crippen molar-refractivity contribution in [2.75, 3.05) is 0 Å². The van der Waals surface area contributed by atoms with E-state index in [4.69, 9.17) is 82.3 Å². The molecule has 0 aromatic rings. The molecule has 6 saturated heterocycles. The molecule has 0 radical (unpaired) electrons. The van der Waals surface area contributed by atoms with Gasteiger partial charge in [-0.1, -0.05) is 0 Å². The van der Waals surface area contributed by atoms with Crippen molar-refractivity contribution in [1.29, 1.82) is 0 Å². The van der Waals surface area contributed by atoms with Crippen molar-refractivity contribution in [2.24, 2.45) is 0 Å². The Bertz CT molecular complexity index is 907. The van der Waals surface area contributed by atoms with E-state index >= 15 is 0 Å². The average Bonchev–Trinajstić information content (AvgIpc) is 2.79. The van der Waals surface area contributed by atoms with Gasteiger partial charge in [-0.05, 0) is 105 Å². The zero-order valence-electron chi connectivity index (χ0n) is 32.8. The second-order valence-corrected chi connectivity index (χ2v) is 56.7. The van der Waals surface area contributed by atoms with E-state index < -0.39 is 145 Å². The van der Waals surface area contributed by atoms with Crippen LogP contribution in [0.1, 0.15) is 0 Å². The molecule has 6 heterocycles. The van der Waals surface area contributed by atoms with E-state index in [1.165, 1.54) is 0 Å².